The second kappa shape index (κ2) is 5.75. The number of aromatic hydroxyl groups is 1. The van der Waals surface area contributed by atoms with E-state index in [0.29, 0.717) is 5.75 Å². The van der Waals surface area contributed by atoms with Crippen LogP contribution < -0.4 is 0 Å². The molecule has 2 heteroatoms. The molecule has 1 aliphatic heterocycles. The van der Waals surface area contributed by atoms with E-state index in [-0.39, 0.29) is 5.41 Å². The molecule has 100 valence electrons. The van der Waals surface area contributed by atoms with E-state index in [0.717, 1.165) is 6.54 Å². The number of likely N-dealkylation sites (tertiary alicyclic amines) is 1. The molecule has 0 amide bonds. The zero-order chi connectivity index (χ0) is 13.0. The molecule has 1 heterocycles. The minimum Gasteiger partial charge on any atom is -0.508 e. The fourth-order valence-electron chi connectivity index (χ4n) is 3.36. The van der Waals surface area contributed by atoms with E-state index in [1.807, 2.05) is 12.1 Å². The van der Waals surface area contributed by atoms with E-state index >= 15 is 0 Å². The van der Waals surface area contributed by atoms with Crippen molar-refractivity contribution in [2.45, 2.75) is 44.9 Å². The van der Waals surface area contributed by atoms with Gasteiger partial charge in [-0.25, -0.2) is 0 Å². The summed E-state index contributed by atoms with van der Waals surface area (Å²) >= 11 is 0. The number of phenols is 1. The SMILES string of the molecule is CCCN1CC[C@@](CCC)(c2cccc(O)c2)C1. The van der Waals surface area contributed by atoms with Crippen LogP contribution in [0.1, 0.15) is 45.1 Å². The molecule has 1 N–H and O–H groups in total. The molecule has 1 atom stereocenters. The van der Waals surface area contributed by atoms with Gasteiger partial charge in [0.2, 0.25) is 0 Å². The van der Waals surface area contributed by atoms with Crippen molar-refractivity contribution in [3.05, 3.63) is 29.8 Å². The second-order valence-electron chi connectivity index (χ2n) is 5.61. The first-order chi connectivity index (χ1) is 8.70. The topological polar surface area (TPSA) is 23.5 Å². The van der Waals surface area contributed by atoms with Gasteiger partial charge in [0.05, 0.1) is 0 Å². The number of phenolic OH excluding ortho intramolecular Hbond substituents is 1. The molecule has 0 aromatic heterocycles. The summed E-state index contributed by atoms with van der Waals surface area (Å²) in [6.07, 6.45) is 4.87. The lowest BCUT2D eigenvalue weighted by Crippen LogP contribution is -2.31. The van der Waals surface area contributed by atoms with Crippen LogP contribution in [0.15, 0.2) is 24.3 Å². The minimum absolute atomic E-state index is 0.267. The zero-order valence-electron chi connectivity index (χ0n) is 11.7. The van der Waals surface area contributed by atoms with Crippen molar-refractivity contribution in [2.75, 3.05) is 19.6 Å². The van der Waals surface area contributed by atoms with Gasteiger partial charge in [-0.15, -0.1) is 0 Å². The van der Waals surface area contributed by atoms with Crippen molar-refractivity contribution in [3.8, 4) is 5.75 Å². The van der Waals surface area contributed by atoms with Gasteiger partial charge in [-0.05, 0) is 50.0 Å². The maximum Gasteiger partial charge on any atom is 0.115 e. The van der Waals surface area contributed by atoms with Crippen LogP contribution in [0.2, 0.25) is 0 Å². The molecule has 0 unspecified atom stereocenters. The lowest BCUT2D eigenvalue weighted by atomic mass is 9.76. The van der Waals surface area contributed by atoms with Gasteiger partial charge in [0.1, 0.15) is 5.75 Å². The molecule has 1 aliphatic rings. The van der Waals surface area contributed by atoms with E-state index in [1.165, 1.54) is 44.3 Å². The highest BCUT2D eigenvalue weighted by Crippen LogP contribution is 2.39. The van der Waals surface area contributed by atoms with Crippen LogP contribution in [0.3, 0.4) is 0 Å². The van der Waals surface area contributed by atoms with Gasteiger partial charge >= 0.3 is 0 Å². The van der Waals surface area contributed by atoms with Crippen LogP contribution in [0.4, 0.5) is 0 Å². The standard InChI is InChI=1S/C16H25NO/c1-3-8-16(9-11-17(13-16)10-4-2)14-6-5-7-15(18)12-14/h5-7,12,18H,3-4,8-11,13H2,1-2H3/t16-/m1/s1. The molecular weight excluding hydrogens is 222 g/mol. The molecule has 0 saturated carbocycles. The second-order valence-corrected chi connectivity index (χ2v) is 5.61. The van der Waals surface area contributed by atoms with Crippen LogP contribution in [0.5, 0.6) is 5.75 Å². The molecule has 1 saturated heterocycles. The van der Waals surface area contributed by atoms with Crippen LogP contribution in [0, 0.1) is 0 Å². The van der Waals surface area contributed by atoms with Crippen molar-refractivity contribution in [3.63, 3.8) is 0 Å². The lowest BCUT2D eigenvalue weighted by molar-refractivity contribution is 0.301. The molecule has 18 heavy (non-hydrogen) atoms. The summed E-state index contributed by atoms with van der Waals surface area (Å²) in [5.74, 6) is 0.400. The summed E-state index contributed by atoms with van der Waals surface area (Å²) in [6.45, 7) is 8.05. The Balaban J connectivity index is 2.23. The van der Waals surface area contributed by atoms with Gasteiger partial charge in [-0.2, -0.15) is 0 Å². The number of rotatable bonds is 5. The van der Waals surface area contributed by atoms with Crippen molar-refractivity contribution < 1.29 is 5.11 Å². The molecular formula is C16H25NO. The quantitative estimate of drug-likeness (QED) is 0.860. The number of benzene rings is 1. The third-order valence-corrected chi connectivity index (χ3v) is 4.16. The maximum absolute atomic E-state index is 9.71. The summed E-state index contributed by atoms with van der Waals surface area (Å²) in [4.78, 5) is 2.57. The number of hydrogen-bond acceptors (Lipinski definition) is 2. The Labute approximate surface area is 111 Å². The Hall–Kier alpha value is -1.02. The predicted molar refractivity (Wildman–Crippen MR) is 76.0 cm³/mol. The van der Waals surface area contributed by atoms with Gasteiger partial charge in [0, 0.05) is 12.0 Å². The van der Waals surface area contributed by atoms with Crippen LogP contribution in [-0.2, 0) is 5.41 Å². The molecule has 2 rings (SSSR count). The molecule has 0 bridgehead atoms. The van der Waals surface area contributed by atoms with E-state index < -0.39 is 0 Å². The van der Waals surface area contributed by atoms with E-state index in [9.17, 15) is 5.11 Å². The lowest BCUT2D eigenvalue weighted by Gasteiger charge is -2.30. The molecule has 1 aromatic carbocycles. The molecule has 1 aromatic rings. The summed E-state index contributed by atoms with van der Waals surface area (Å²) in [6, 6.07) is 7.89. The molecule has 0 aliphatic carbocycles. The Morgan fingerprint density at radius 2 is 2.11 bits per heavy atom. The van der Waals surface area contributed by atoms with Gasteiger partial charge in [0.15, 0.2) is 0 Å². The van der Waals surface area contributed by atoms with Crippen molar-refractivity contribution in [1.29, 1.82) is 0 Å². The highest BCUT2D eigenvalue weighted by Gasteiger charge is 2.38. The van der Waals surface area contributed by atoms with Crippen LogP contribution in [0.25, 0.3) is 0 Å². The van der Waals surface area contributed by atoms with Crippen molar-refractivity contribution >= 4 is 0 Å². The summed E-state index contributed by atoms with van der Waals surface area (Å²) < 4.78 is 0. The molecule has 2 nitrogen and oxygen atoms in total. The van der Waals surface area contributed by atoms with Crippen molar-refractivity contribution in [1.82, 2.24) is 4.90 Å². The van der Waals surface area contributed by atoms with E-state index in [2.05, 4.69) is 24.8 Å². The van der Waals surface area contributed by atoms with Crippen LogP contribution in [-0.4, -0.2) is 29.6 Å². The minimum atomic E-state index is 0.267. The third kappa shape index (κ3) is 2.69. The summed E-state index contributed by atoms with van der Waals surface area (Å²) in [5.41, 5.74) is 1.59. The Bertz CT molecular complexity index is 390. The zero-order valence-corrected chi connectivity index (χ0v) is 11.7. The van der Waals surface area contributed by atoms with Crippen molar-refractivity contribution in [2.24, 2.45) is 0 Å². The Morgan fingerprint density at radius 1 is 1.28 bits per heavy atom. The first-order valence-corrected chi connectivity index (χ1v) is 7.22. The smallest absolute Gasteiger partial charge is 0.115 e. The first-order valence-electron chi connectivity index (χ1n) is 7.22. The predicted octanol–water partition coefficient (Wildman–Crippen LogP) is 3.55. The highest BCUT2D eigenvalue weighted by molar-refractivity contribution is 5.34. The van der Waals surface area contributed by atoms with Gasteiger partial charge in [0.25, 0.3) is 0 Å². The Morgan fingerprint density at radius 3 is 2.78 bits per heavy atom. The van der Waals surface area contributed by atoms with Gasteiger partial charge in [-0.1, -0.05) is 32.4 Å². The fourth-order valence-corrected chi connectivity index (χ4v) is 3.36. The molecule has 0 spiro atoms. The average molecular weight is 247 g/mol. The third-order valence-electron chi connectivity index (χ3n) is 4.16. The van der Waals surface area contributed by atoms with E-state index in [1.54, 1.807) is 6.07 Å². The Kier molecular flexibility index (Phi) is 4.28. The normalized spacial score (nSPS) is 24.6. The number of hydrogen-bond donors (Lipinski definition) is 1. The molecule has 0 radical (unpaired) electrons. The van der Waals surface area contributed by atoms with E-state index in [4.69, 9.17) is 0 Å². The fraction of sp³-hybridized carbons (Fsp3) is 0.625. The summed E-state index contributed by atoms with van der Waals surface area (Å²) in [7, 11) is 0. The largest absolute Gasteiger partial charge is 0.508 e. The first kappa shape index (κ1) is 13.4. The maximum atomic E-state index is 9.71. The van der Waals surface area contributed by atoms with Gasteiger partial charge in [-0.3, -0.25) is 0 Å². The highest BCUT2D eigenvalue weighted by atomic mass is 16.3. The molecule has 1 fully saturated rings. The monoisotopic (exact) mass is 247 g/mol. The average Bonchev–Trinajstić information content (AvgIpc) is 2.75. The summed E-state index contributed by atoms with van der Waals surface area (Å²) in [5, 5.41) is 9.71. The number of nitrogens with zero attached hydrogens (tertiary/aromatic N) is 1. The van der Waals surface area contributed by atoms with Crippen LogP contribution >= 0.6 is 0 Å². The van der Waals surface area contributed by atoms with Gasteiger partial charge < -0.3 is 10.0 Å².